The van der Waals surface area contributed by atoms with Crippen LogP contribution in [0.1, 0.15) is 22.6 Å². The smallest absolute Gasteiger partial charge is 0.0480 e. The molecule has 1 aliphatic rings. The summed E-state index contributed by atoms with van der Waals surface area (Å²) < 4.78 is 2.37. The van der Waals surface area contributed by atoms with E-state index in [-0.39, 0.29) is 0 Å². The second-order valence-electron chi connectivity index (χ2n) is 5.67. The Bertz CT molecular complexity index is 770. The Balaban J connectivity index is 1.64. The van der Waals surface area contributed by atoms with Crippen molar-refractivity contribution in [3.63, 3.8) is 0 Å². The van der Waals surface area contributed by atoms with Gasteiger partial charge in [0.05, 0.1) is 0 Å². The third kappa shape index (κ3) is 1.76. The van der Waals surface area contributed by atoms with Crippen LogP contribution in [0.4, 0.5) is 0 Å². The molecule has 4 rings (SSSR count). The van der Waals surface area contributed by atoms with E-state index in [2.05, 4.69) is 59.3 Å². The summed E-state index contributed by atoms with van der Waals surface area (Å²) in [6.45, 7) is 1.68. The number of hydrogen-bond acceptors (Lipinski definition) is 1. The molecule has 2 aromatic carbocycles. The highest BCUT2D eigenvalue weighted by Gasteiger charge is 2.25. The Kier molecular flexibility index (Phi) is 2.64. The van der Waals surface area contributed by atoms with Gasteiger partial charge in [0, 0.05) is 30.7 Å². The maximum absolute atomic E-state index is 5.71. The van der Waals surface area contributed by atoms with Crippen molar-refractivity contribution in [2.24, 2.45) is 5.73 Å². The van der Waals surface area contributed by atoms with Crippen molar-refractivity contribution in [1.29, 1.82) is 0 Å². The molecule has 0 amide bonds. The molecule has 1 aromatic heterocycles. The zero-order chi connectivity index (χ0) is 13.5. The average molecular weight is 262 g/mol. The third-order valence-corrected chi connectivity index (χ3v) is 4.45. The standard InChI is InChI=1S/C18H18N2/c19-11-13-5-6-18-15(9-13)7-8-20(18)12-16-10-14-3-1-2-4-17(14)16/h1-9,16H,10-12,19H2. The molecule has 0 saturated carbocycles. The van der Waals surface area contributed by atoms with Crippen LogP contribution in [-0.4, -0.2) is 4.57 Å². The van der Waals surface area contributed by atoms with Gasteiger partial charge >= 0.3 is 0 Å². The molecular weight excluding hydrogens is 244 g/mol. The summed E-state index contributed by atoms with van der Waals surface area (Å²) >= 11 is 0. The largest absolute Gasteiger partial charge is 0.347 e. The van der Waals surface area contributed by atoms with Gasteiger partial charge in [0.2, 0.25) is 0 Å². The zero-order valence-corrected chi connectivity index (χ0v) is 11.4. The Labute approximate surface area is 118 Å². The molecule has 100 valence electrons. The van der Waals surface area contributed by atoms with Crippen molar-refractivity contribution >= 4 is 10.9 Å². The molecule has 1 aliphatic carbocycles. The van der Waals surface area contributed by atoms with E-state index < -0.39 is 0 Å². The Morgan fingerprint density at radius 1 is 1.10 bits per heavy atom. The minimum atomic E-state index is 0.608. The van der Waals surface area contributed by atoms with Crippen LogP contribution >= 0.6 is 0 Å². The highest BCUT2D eigenvalue weighted by molar-refractivity contribution is 5.80. The van der Waals surface area contributed by atoms with Gasteiger partial charge in [-0.05, 0) is 46.7 Å². The highest BCUT2D eigenvalue weighted by Crippen LogP contribution is 2.36. The van der Waals surface area contributed by atoms with Crippen LogP contribution in [-0.2, 0) is 19.5 Å². The van der Waals surface area contributed by atoms with Crippen molar-refractivity contribution < 1.29 is 0 Å². The molecule has 1 heterocycles. The third-order valence-electron chi connectivity index (χ3n) is 4.45. The monoisotopic (exact) mass is 262 g/mol. The fourth-order valence-corrected chi connectivity index (χ4v) is 3.30. The van der Waals surface area contributed by atoms with Gasteiger partial charge in [-0.1, -0.05) is 30.3 Å². The van der Waals surface area contributed by atoms with Gasteiger partial charge in [-0.2, -0.15) is 0 Å². The maximum atomic E-state index is 5.71. The van der Waals surface area contributed by atoms with Gasteiger partial charge in [0.15, 0.2) is 0 Å². The molecule has 0 saturated heterocycles. The van der Waals surface area contributed by atoms with Gasteiger partial charge < -0.3 is 10.3 Å². The summed E-state index contributed by atoms with van der Waals surface area (Å²) in [5.41, 5.74) is 11.2. The summed E-state index contributed by atoms with van der Waals surface area (Å²) in [6.07, 6.45) is 3.41. The van der Waals surface area contributed by atoms with Gasteiger partial charge in [-0.25, -0.2) is 0 Å². The SMILES string of the molecule is NCc1ccc2c(ccn2CC2Cc3ccccc32)c1. The first-order valence-corrected chi connectivity index (χ1v) is 7.21. The molecule has 3 aromatic rings. The number of benzene rings is 2. The van der Waals surface area contributed by atoms with Gasteiger partial charge in [-0.3, -0.25) is 0 Å². The highest BCUT2D eigenvalue weighted by atomic mass is 15.0. The summed E-state index contributed by atoms with van der Waals surface area (Å²) in [6, 6.07) is 17.5. The summed E-state index contributed by atoms with van der Waals surface area (Å²) in [5.74, 6) is 0.663. The predicted octanol–water partition coefficient (Wildman–Crippen LogP) is 3.44. The van der Waals surface area contributed by atoms with Crippen molar-refractivity contribution in [2.75, 3.05) is 0 Å². The van der Waals surface area contributed by atoms with Crippen LogP contribution in [0.3, 0.4) is 0 Å². The molecular formula is C18H18N2. The lowest BCUT2D eigenvalue weighted by atomic mass is 9.77. The molecule has 2 nitrogen and oxygen atoms in total. The van der Waals surface area contributed by atoms with Crippen molar-refractivity contribution in [2.45, 2.75) is 25.4 Å². The molecule has 20 heavy (non-hydrogen) atoms. The first kappa shape index (κ1) is 11.7. The number of aromatic nitrogens is 1. The first-order valence-electron chi connectivity index (χ1n) is 7.21. The Morgan fingerprint density at radius 2 is 2.00 bits per heavy atom. The van der Waals surface area contributed by atoms with Gasteiger partial charge in [-0.15, -0.1) is 0 Å². The molecule has 0 radical (unpaired) electrons. The second-order valence-corrected chi connectivity index (χ2v) is 5.67. The van der Waals surface area contributed by atoms with Crippen LogP contribution in [0.25, 0.3) is 10.9 Å². The fraction of sp³-hybridized carbons (Fsp3) is 0.222. The van der Waals surface area contributed by atoms with Crippen molar-refractivity contribution in [3.05, 3.63) is 71.4 Å². The second kappa shape index (κ2) is 4.50. The van der Waals surface area contributed by atoms with Crippen molar-refractivity contribution in [3.8, 4) is 0 Å². The molecule has 0 spiro atoms. The van der Waals surface area contributed by atoms with E-state index in [0.717, 1.165) is 6.54 Å². The molecule has 2 N–H and O–H groups in total. The number of rotatable bonds is 3. The van der Waals surface area contributed by atoms with E-state index >= 15 is 0 Å². The zero-order valence-electron chi connectivity index (χ0n) is 11.4. The molecule has 2 heteroatoms. The minimum absolute atomic E-state index is 0.608. The van der Waals surface area contributed by atoms with Crippen LogP contribution in [0.5, 0.6) is 0 Å². The van der Waals surface area contributed by atoms with E-state index in [4.69, 9.17) is 5.73 Å². The average Bonchev–Trinajstić information content (AvgIpc) is 2.87. The molecule has 0 fully saturated rings. The maximum Gasteiger partial charge on any atom is 0.0480 e. The van der Waals surface area contributed by atoms with E-state index in [1.807, 2.05) is 0 Å². The lowest BCUT2D eigenvalue weighted by molar-refractivity contribution is 0.518. The number of nitrogens with zero attached hydrogens (tertiary/aromatic N) is 1. The molecule has 1 unspecified atom stereocenters. The number of hydrogen-bond donors (Lipinski definition) is 1. The fourth-order valence-electron chi connectivity index (χ4n) is 3.30. The summed E-state index contributed by atoms with van der Waals surface area (Å²) in [4.78, 5) is 0. The van der Waals surface area contributed by atoms with E-state index in [1.165, 1.54) is 34.0 Å². The van der Waals surface area contributed by atoms with Crippen LogP contribution in [0.2, 0.25) is 0 Å². The minimum Gasteiger partial charge on any atom is -0.347 e. The van der Waals surface area contributed by atoms with Crippen LogP contribution < -0.4 is 5.73 Å². The van der Waals surface area contributed by atoms with E-state index in [0.29, 0.717) is 12.5 Å². The van der Waals surface area contributed by atoms with Gasteiger partial charge in [0.1, 0.15) is 0 Å². The normalized spacial score (nSPS) is 16.9. The van der Waals surface area contributed by atoms with E-state index in [9.17, 15) is 0 Å². The summed E-state index contributed by atoms with van der Waals surface area (Å²) in [5, 5.41) is 1.29. The topological polar surface area (TPSA) is 30.9 Å². The predicted molar refractivity (Wildman–Crippen MR) is 82.7 cm³/mol. The lowest BCUT2D eigenvalue weighted by Gasteiger charge is -2.30. The lowest BCUT2D eigenvalue weighted by Crippen LogP contribution is -2.21. The van der Waals surface area contributed by atoms with E-state index in [1.54, 1.807) is 0 Å². The van der Waals surface area contributed by atoms with Crippen LogP contribution in [0, 0.1) is 0 Å². The molecule has 1 atom stereocenters. The Hall–Kier alpha value is -2.06. The Morgan fingerprint density at radius 3 is 2.85 bits per heavy atom. The number of nitrogens with two attached hydrogens (primary N) is 1. The number of fused-ring (bicyclic) bond motifs is 2. The molecule has 0 bridgehead atoms. The summed E-state index contributed by atoms with van der Waals surface area (Å²) in [7, 11) is 0. The van der Waals surface area contributed by atoms with Crippen LogP contribution in [0.15, 0.2) is 54.7 Å². The van der Waals surface area contributed by atoms with Gasteiger partial charge in [0.25, 0.3) is 0 Å². The van der Waals surface area contributed by atoms with Crippen molar-refractivity contribution in [1.82, 2.24) is 4.57 Å². The quantitative estimate of drug-likeness (QED) is 0.770. The first-order chi connectivity index (χ1) is 9.85. The molecule has 0 aliphatic heterocycles.